The predicted molar refractivity (Wildman–Crippen MR) is 130 cm³/mol. The Morgan fingerprint density at radius 3 is 2.44 bits per heavy atom. The third kappa shape index (κ3) is 3.17. The molecule has 0 unspecified atom stereocenters. The topological polar surface area (TPSA) is 38.1 Å². The van der Waals surface area contributed by atoms with Crippen LogP contribution in [0.15, 0.2) is 53.3 Å². The van der Waals surface area contributed by atoms with Crippen molar-refractivity contribution in [1.29, 1.82) is 0 Å². The van der Waals surface area contributed by atoms with Gasteiger partial charge >= 0.3 is 6.85 Å². The summed E-state index contributed by atoms with van der Waals surface area (Å²) in [6.07, 6.45) is 8.23. The monoisotopic (exact) mass is 425 g/mol. The van der Waals surface area contributed by atoms with E-state index >= 15 is 0 Å². The van der Waals surface area contributed by atoms with Crippen molar-refractivity contribution < 1.29 is 8.98 Å². The zero-order valence-electron chi connectivity index (χ0n) is 19.7. The van der Waals surface area contributed by atoms with Gasteiger partial charge in [-0.3, -0.25) is 0 Å². The van der Waals surface area contributed by atoms with Crippen molar-refractivity contribution in [3.63, 3.8) is 0 Å². The highest BCUT2D eigenvalue weighted by Crippen LogP contribution is 2.30. The van der Waals surface area contributed by atoms with Crippen molar-refractivity contribution in [3.8, 4) is 5.69 Å². The second-order valence-corrected chi connectivity index (χ2v) is 9.37. The molecule has 0 fully saturated rings. The fraction of sp³-hybridized carbons (Fsp3) is 0.308. The largest absolute Gasteiger partial charge is 0.436 e. The molecule has 1 aromatic carbocycles. The van der Waals surface area contributed by atoms with Crippen LogP contribution in [0.2, 0.25) is 0 Å². The van der Waals surface area contributed by atoms with Gasteiger partial charge in [-0.05, 0) is 31.0 Å². The molecule has 0 aliphatic carbocycles. The first-order valence-corrected chi connectivity index (χ1v) is 11.4. The molecule has 0 saturated heterocycles. The maximum atomic E-state index is 6.02. The quantitative estimate of drug-likeness (QED) is 0.373. The van der Waals surface area contributed by atoms with Crippen molar-refractivity contribution in [2.24, 2.45) is 7.05 Å². The van der Waals surface area contributed by atoms with Gasteiger partial charge in [-0.1, -0.05) is 51.9 Å². The van der Waals surface area contributed by atoms with Crippen LogP contribution < -0.4 is 20.9 Å². The van der Waals surface area contributed by atoms with E-state index in [9.17, 15) is 0 Å². The van der Waals surface area contributed by atoms with Gasteiger partial charge in [0.15, 0.2) is 5.42 Å². The molecule has 0 amide bonds. The number of para-hydroxylation sites is 1. The Balaban J connectivity index is 1.77. The normalized spacial score (nSPS) is 13.6. The van der Waals surface area contributed by atoms with Gasteiger partial charge in [-0.15, -0.1) is 0 Å². The van der Waals surface area contributed by atoms with Crippen LogP contribution in [0.1, 0.15) is 50.7 Å². The first kappa shape index (κ1) is 20.6. The minimum absolute atomic E-state index is 0.0590. The summed E-state index contributed by atoms with van der Waals surface area (Å²) in [5.74, 6) is 3.17. The van der Waals surface area contributed by atoms with Gasteiger partial charge < -0.3 is 9.23 Å². The van der Waals surface area contributed by atoms with Crippen LogP contribution >= 0.6 is 0 Å². The average Bonchev–Trinajstić information content (AvgIpc) is 3.32. The summed E-state index contributed by atoms with van der Waals surface area (Å²) < 4.78 is 10.6. The van der Waals surface area contributed by atoms with Crippen LogP contribution in [0.4, 0.5) is 0 Å². The van der Waals surface area contributed by atoms with Crippen LogP contribution in [0, 0.1) is 0 Å². The van der Waals surface area contributed by atoms with Crippen molar-refractivity contribution in [2.75, 3.05) is 7.05 Å². The third-order valence-electron chi connectivity index (χ3n) is 6.51. The van der Waals surface area contributed by atoms with Gasteiger partial charge in [0.2, 0.25) is 11.4 Å². The Morgan fingerprint density at radius 1 is 1.03 bits per heavy atom. The summed E-state index contributed by atoms with van der Waals surface area (Å²) in [5, 5.41) is 2.17. The van der Waals surface area contributed by atoms with E-state index in [-0.39, 0.29) is 6.85 Å². The summed E-state index contributed by atoms with van der Waals surface area (Å²) in [7, 11) is 4.24. The molecule has 5 nitrogen and oxygen atoms in total. The zero-order chi connectivity index (χ0) is 22.6. The molecule has 32 heavy (non-hydrogen) atoms. The van der Waals surface area contributed by atoms with Crippen LogP contribution in [-0.2, 0) is 7.05 Å². The fourth-order valence-electron chi connectivity index (χ4n) is 4.85. The fourth-order valence-corrected chi connectivity index (χ4v) is 4.85. The Hall–Kier alpha value is -3.28. The van der Waals surface area contributed by atoms with E-state index in [1.807, 2.05) is 6.07 Å². The van der Waals surface area contributed by atoms with E-state index in [1.54, 1.807) is 6.20 Å². The van der Waals surface area contributed by atoms with Crippen molar-refractivity contribution in [2.45, 2.75) is 39.5 Å². The molecule has 0 radical (unpaired) electrons. The minimum Gasteiger partial charge on any atom is -0.436 e. The van der Waals surface area contributed by atoms with Crippen LogP contribution in [-0.4, -0.2) is 28.3 Å². The lowest BCUT2D eigenvalue weighted by molar-refractivity contribution is -0.653. The Labute approximate surface area is 189 Å². The summed E-state index contributed by atoms with van der Waals surface area (Å²) in [4.78, 5) is 6.63. The van der Waals surface area contributed by atoms with Gasteiger partial charge in [0.25, 0.3) is 0 Å². The number of benzene rings is 1. The Bertz CT molecular complexity index is 1400. The van der Waals surface area contributed by atoms with Crippen molar-refractivity contribution in [1.82, 2.24) is 14.4 Å². The van der Waals surface area contributed by atoms with E-state index < -0.39 is 0 Å². The number of aryl methyl sites for hydroxylation is 1. The average molecular weight is 425 g/mol. The Kier molecular flexibility index (Phi) is 4.96. The standard InChI is InChI=1S/C26H30BN4O/c1-17(2)19-9-7-10-20(18(3)4)24(19)31-14-13-29(5)26(31)27-15-22-21-11-8-12-28-25(21)32-23(22)16-30(27)6/h7-18H,1-6H3/q+1. The molecule has 5 rings (SSSR count). The van der Waals surface area contributed by atoms with Crippen molar-refractivity contribution in [3.05, 3.63) is 70.7 Å². The molecule has 4 heterocycles. The second-order valence-electron chi connectivity index (χ2n) is 9.37. The lowest BCUT2D eigenvalue weighted by atomic mass is 9.57. The van der Waals surface area contributed by atoms with Gasteiger partial charge in [0, 0.05) is 34.1 Å². The molecule has 0 bridgehead atoms. The molecule has 162 valence electrons. The maximum absolute atomic E-state index is 6.02. The number of hydrogen-bond donors (Lipinski definition) is 0. The molecule has 0 saturated carbocycles. The van der Waals surface area contributed by atoms with Gasteiger partial charge in [-0.25, -0.2) is 14.1 Å². The molecule has 6 heteroatoms. The van der Waals surface area contributed by atoms with E-state index in [0.717, 1.165) is 16.0 Å². The van der Waals surface area contributed by atoms with Crippen molar-refractivity contribution >= 4 is 35.8 Å². The zero-order valence-corrected chi connectivity index (χ0v) is 19.7. The number of nitrogens with zero attached hydrogens (tertiary/aromatic N) is 4. The highest BCUT2D eigenvalue weighted by Gasteiger charge is 2.36. The van der Waals surface area contributed by atoms with E-state index in [4.69, 9.17) is 4.42 Å². The molecule has 0 N–H and O–H groups in total. The predicted octanol–water partition coefficient (Wildman–Crippen LogP) is 2.59. The lowest BCUT2D eigenvalue weighted by Gasteiger charge is -2.22. The molecular weight excluding hydrogens is 395 g/mol. The van der Waals surface area contributed by atoms with Crippen LogP contribution in [0.5, 0.6) is 0 Å². The van der Waals surface area contributed by atoms with Gasteiger partial charge in [0.05, 0.1) is 7.05 Å². The van der Waals surface area contributed by atoms with Gasteiger partial charge in [0.1, 0.15) is 18.1 Å². The van der Waals surface area contributed by atoms with E-state index in [1.165, 1.54) is 22.5 Å². The third-order valence-corrected chi connectivity index (χ3v) is 6.51. The van der Waals surface area contributed by atoms with Crippen LogP contribution in [0.3, 0.4) is 0 Å². The molecule has 1 aliphatic heterocycles. The number of fused-ring (bicyclic) bond motifs is 3. The van der Waals surface area contributed by atoms with E-state index in [2.05, 4.69) is 110 Å². The SMILES string of the molecule is CC(C)c1cccc(C(C)C)c1-n1cc[n+](C)c1B1C=c2c(oc3ncccc23)=CN1C. The highest BCUT2D eigenvalue weighted by molar-refractivity contribution is 6.82. The molecular formula is C26H30BN4O+. The Morgan fingerprint density at radius 2 is 1.75 bits per heavy atom. The number of hydrogen-bond acceptors (Lipinski definition) is 3. The van der Waals surface area contributed by atoms with Crippen LogP contribution in [0.25, 0.3) is 29.0 Å². The van der Waals surface area contributed by atoms with E-state index in [0.29, 0.717) is 17.5 Å². The molecule has 3 aromatic heterocycles. The first-order valence-electron chi connectivity index (χ1n) is 11.4. The number of rotatable bonds is 4. The summed E-state index contributed by atoms with van der Waals surface area (Å²) in [6.45, 7) is 9.15. The maximum Gasteiger partial charge on any atom is 0.421 e. The summed E-state index contributed by atoms with van der Waals surface area (Å²) >= 11 is 0. The molecule has 0 spiro atoms. The number of furan rings is 1. The molecule has 0 atom stereocenters. The second kappa shape index (κ2) is 7.70. The lowest BCUT2D eigenvalue weighted by Crippen LogP contribution is -2.62. The number of aromatic nitrogens is 3. The molecule has 4 aromatic rings. The summed E-state index contributed by atoms with van der Waals surface area (Å²) in [6, 6.07) is 10.8. The highest BCUT2D eigenvalue weighted by atomic mass is 16.3. The number of pyridine rings is 1. The minimum atomic E-state index is 0.0590. The van der Waals surface area contributed by atoms with Gasteiger partial charge in [-0.2, -0.15) is 0 Å². The number of imidazole rings is 1. The molecule has 1 aliphatic rings. The smallest absolute Gasteiger partial charge is 0.421 e. The summed E-state index contributed by atoms with van der Waals surface area (Å²) in [5.41, 5.74) is 6.81. The first-order chi connectivity index (χ1) is 15.4.